The van der Waals surface area contributed by atoms with Crippen LogP contribution in [0.2, 0.25) is 0 Å². The Balaban J connectivity index is 2.05. The van der Waals surface area contributed by atoms with Crippen LogP contribution in [0.4, 0.5) is 5.95 Å². The molecule has 18 heavy (non-hydrogen) atoms. The fourth-order valence-corrected chi connectivity index (χ4v) is 2.65. The van der Waals surface area contributed by atoms with E-state index in [1.165, 1.54) is 16.7 Å². The Kier molecular flexibility index (Phi) is 2.58. The van der Waals surface area contributed by atoms with Crippen LogP contribution in [-0.2, 0) is 6.42 Å². The van der Waals surface area contributed by atoms with Gasteiger partial charge in [-0.15, -0.1) is 5.10 Å². The summed E-state index contributed by atoms with van der Waals surface area (Å²) in [6, 6.07) is 6.92. The van der Waals surface area contributed by atoms with E-state index in [1.54, 1.807) is 0 Å². The van der Waals surface area contributed by atoms with E-state index in [-0.39, 0.29) is 6.04 Å². The zero-order valence-corrected chi connectivity index (χ0v) is 10.8. The number of hydrogen-bond donors (Lipinski definition) is 1. The van der Waals surface area contributed by atoms with Crippen molar-refractivity contribution in [1.29, 1.82) is 0 Å². The quantitative estimate of drug-likeness (QED) is 0.835. The summed E-state index contributed by atoms with van der Waals surface area (Å²) >= 11 is 0. The molecular formula is C14H18N4. The largest absolute Gasteiger partial charge is 0.366 e. The van der Waals surface area contributed by atoms with Crippen molar-refractivity contribution < 1.29 is 0 Å². The lowest BCUT2D eigenvalue weighted by Crippen LogP contribution is -2.20. The van der Waals surface area contributed by atoms with Gasteiger partial charge in [-0.2, -0.15) is 4.98 Å². The van der Waals surface area contributed by atoms with E-state index < -0.39 is 0 Å². The number of nitrogen functional groups attached to an aromatic ring is 1. The minimum atomic E-state index is 0.290. The first kappa shape index (κ1) is 11.3. The summed E-state index contributed by atoms with van der Waals surface area (Å²) in [5.41, 5.74) is 9.67. The highest BCUT2D eigenvalue weighted by Gasteiger charge is 2.24. The Morgan fingerprint density at radius 3 is 2.89 bits per heavy atom. The number of anilines is 1. The predicted molar refractivity (Wildman–Crippen MR) is 71.4 cm³/mol. The highest BCUT2D eigenvalue weighted by molar-refractivity contribution is 5.33. The molecular weight excluding hydrogens is 224 g/mol. The summed E-state index contributed by atoms with van der Waals surface area (Å²) in [7, 11) is 0. The second-order valence-corrected chi connectivity index (χ2v) is 5.08. The van der Waals surface area contributed by atoms with Crippen LogP contribution in [0.5, 0.6) is 0 Å². The van der Waals surface area contributed by atoms with Crippen LogP contribution in [0.1, 0.15) is 41.4 Å². The molecule has 2 aromatic rings. The van der Waals surface area contributed by atoms with E-state index in [9.17, 15) is 0 Å². The maximum absolute atomic E-state index is 5.71. The van der Waals surface area contributed by atoms with Gasteiger partial charge in [0, 0.05) is 6.42 Å². The fraction of sp³-hybridized carbons (Fsp3) is 0.429. The molecule has 3 rings (SSSR count). The maximum atomic E-state index is 5.71. The summed E-state index contributed by atoms with van der Waals surface area (Å²) in [4.78, 5) is 4.30. The molecule has 1 aromatic heterocycles. The number of hydrogen-bond acceptors (Lipinski definition) is 3. The van der Waals surface area contributed by atoms with Gasteiger partial charge < -0.3 is 5.73 Å². The number of aromatic nitrogens is 3. The topological polar surface area (TPSA) is 56.7 Å². The molecule has 1 aliphatic rings. The van der Waals surface area contributed by atoms with Crippen molar-refractivity contribution in [2.45, 2.75) is 39.2 Å². The lowest BCUT2D eigenvalue weighted by Gasteiger charge is -2.24. The minimum Gasteiger partial charge on any atom is -0.366 e. The highest BCUT2D eigenvalue weighted by Crippen LogP contribution is 2.30. The molecule has 0 saturated heterocycles. The van der Waals surface area contributed by atoms with E-state index >= 15 is 0 Å². The SMILES string of the molecule is Cc1ccc(C2CCCc3nc(N)nn32)cc1C. The van der Waals surface area contributed by atoms with Crippen molar-refractivity contribution in [2.24, 2.45) is 0 Å². The highest BCUT2D eigenvalue weighted by atomic mass is 15.4. The van der Waals surface area contributed by atoms with E-state index in [0.717, 1.165) is 25.1 Å². The van der Waals surface area contributed by atoms with Crippen LogP contribution in [0, 0.1) is 13.8 Å². The van der Waals surface area contributed by atoms with Crippen molar-refractivity contribution in [3.05, 3.63) is 40.7 Å². The van der Waals surface area contributed by atoms with Gasteiger partial charge in [-0.05, 0) is 43.4 Å². The third-order valence-electron chi connectivity index (χ3n) is 3.81. The van der Waals surface area contributed by atoms with Crippen LogP contribution in [0.3, 0.4) is 0 Å². The van der Waals surface area contributed by atoms with Crippen molar-refractivity contribution in [3.8, 4) is 0 Å². The van der Waals surface area contributed by atoms with Gasteiger partial charge in [0.05, 0.1) is 6.04 Å². The van der Waals surface area contributed by atoms with Gasteiger partial charge in [-0.25, -0.2) is 4.68 Å². The maximum Gasteiger partial charge on any atom is 0.239 e. The van der Waals surface area contributed by atoms with Crippen LogP contribution in [0.25, 0.3) is 0 Å². The van der Waals surface area contributed by atoms with Crippen molar-refractivity contribution in [2.75, 3.05) is 5.73 Å². The van der Waals surface area contributed by atoms with Crippen molar-refractivity contribution in [1.82, 2.24) is 14.8 Å². The predicted octanol–water partition coefficient (Wildman–Crippen LogP) is 2.40. The fourth-order valence-electron chi connectivity index (χ4n) is 2.65. The average Bonchev–Trinajstić information content (AvgIpc) is 2.72. The Hall–Kier alpha value is -1.84. The number of nitrogens with two attached hydrogens (primary N) is 1. The molecule has 0 fully saturated rings. The number of fused-ring (bicyclic) bond motifs is 1. The molecule has 2 N–H and O–H groups in total. The van der Waals surface area contributed by atoms with Gasteiger partial charge >= 0.3 is 0 Å². The minimum absolute atomic E-state index is 0.290. The molecule has 0 saturated carbocycles. The summed E-state index contributed by atoms with van der Waals surface area (Å²) in [5.74, 6) is 1.41. The first-order valence-corrected chi connectivity index (χ1v) is 6.43. The zero-order valence-electron chi connectivity index (χ0n) is 10.8. The lowest BCUT2D eigenvalue weighted by molar-refractivity contribution is 0.412. The van der Waals surface area contributed by atoms with E-state index in [1.807, 2.05) is 4.68 Å². The van der Waals surface area contributed by atoms with Crippen LogP contribution >= 0.6 is 0 Å². The smallest absolute Gasteiger partial charge is 0.239 e. The summed E-state index contributed by atoms with van der Waals surface area (Å²) in [5, 5.41) is 4.34. The molecule has 0 amide bonds. The normalized spacial score (nSPS) is 18.7. The number of nitrogens with zero attached hydrogens (tertiary/aromatic N) is 3. The molecule has 1 aliphatic heterocycles. The molecule has 0 aliphatic carbocycles. The molecule has 4 nitrogen and oxygen atoms in total. The van der Waals surface area contributed by atoms with Crippen LogP contribution < -0.4 is 5.73 Å². The van der Waals surface area contributed by atoms with Crippen LogP contribution in [-0.4, -0.2) is 14.8 Å². The molecule has 94 valence electrons. The standard InChI is InChI=1S/C14H18N4/c1-9-6-7-11(8-10(9)2)12-4-3-5-13-16-14(15)17-18(12)13/h6-8,12H,3-5H2,1-2H3,(H2,15,17). The van der Waals surface area contributed by atoms with E-state index in [0.29, 0.717) is 5.95 Å². The second-order valence-electron chi connectivity index (χ2n) is 5.08. The van der Waals surface area contributed by atoms with Gasteiger partial charge in [0.15, 0.2) is 0 Å². The number of benzene rings is 1. The van der Waals surface area contributed by atoms with Gasteiger partial charge in [0.2, 0.25) is 5.95 Å². The number of rotatable bonds is 1. The number of aryl methyl sites for hydroxylation is 3. The molecule has 0 spiro atoms. The Morgan fingerprint density at radius 1 is 1.28 bits per heavy atom. The molecule has 0 bridgehead atoms. The van der Waals surface area contributed by atoms with E-state index in [4.69, 9.17) is 5.73 Å². The average molecular weight is 242 g/mol. The second kappa shape index (κ2) is 4.12. The lowest BCUT2D eigenvalue weighted by atomic mass is 9.95. The third-order valence-corrected chi connectivity index (χ3v) is 3.81. The molecule has 2 heterocycles. The molecule has 4 heteroatoms. The van der Waals surface area contributed by atoms with Gasteiger partial charge in [0.25, 0.3) is 0 Å². The first-order valence-electron chi connectivity index (χ1n) is 6.43. The van der Waals surface area contributed by atoms with Crippen LogP contribution in [0.15, 0.2) is 18.2 Å². The van der Waals surface area contributed by atoms with Gasteiger partial charge in [-0.1, -0.05) is 18.2 Å². The molecule has 1 unspecified atom stereocenters. The molecule has 1 aromatic carbocycles. The van der Waals surface area contributed by atoms with Gasteiger partial charge in [0.1, 0.15) is 5.82 Å². The first-order chi connectivity index (χ1) is 8.65. The Bertz CT molecular complexity index is 585. The molecule has 0 radical (unpaired) electrons. The third kappa shape index (κ3) is 1.78. The summed E-state index contributed by atoms with van der Waals surface area (Å²) < 4.78 is 2.00. The summed E-state index contributed by atoms with van der Waals surface area (Å²) in [6.45, 7) is 4.29. The monoisotopic (exact) mass is 242 g/mol. The molecule has 1 atom stereocenters. The summed E-state index contributed by atoms with van der Waals surface area (Å²) in [6.07, 6.45) is 3.24. The van der Waals surface area contributed by atoms with Gasteiger partial charge in [-0.3, -0.25) is 0 Å². The van der Waals surface area contributed by atoms with Crippen molar-refractivity contribution in [3.63, 3.8) is 0 Å². The Morgan fingerprint density at radius 2 is 2.11 bits per heavy atom. The van der Waals surface area contributed by atoms with E-state index in [2.05, 4.69) is 42.1 Å². The Labute approximate surface area is 107 Å². The van der Waals surface area contributed by atoms with Crippen molar-refractivity contribution >= 4 is 5.95 Å². The zero-order chi connectivity index (χ0) is 12.7.